The van der Waals surface area contributed by atoms with Crippen LogP contribution in [0.3, 0.4) is 0 Å². The first-order chi connectivity index (χ1) is 6.35. The molecule has 76 valence electrons. The van der Waals surface area contributed by atoms with E-state index in [4.69, 9.17) is 16.2 Å². The lowest BCUT2D eigenvalue weighted by Crippen LogP contribution is -2.18. The van der Waals surface area contributed by atoms with Crippen LogP contribution in [0.5, 0.6) is 0 Å². The largest absolute Gasteiger partial charge is 0.502 e. The molecule has 0 heterocycles. The van der Waals surface area contributed by atoms with Gasteiger partial charge in [0, 0.05) is 25.2 Å². The number of nitrogens with zero attached hydrogens (tertiary/aromatic N) is 1. The molecule has 0 aromatic carbocycles. The monoisotopic (exact) mass is 185 g/mol. The second-order valence-electron chi connectivity index (χ2n) is 2.58. The fourth-order valence-corrected chi connectivity index (χ4v) is 0.881. The summed E-state index contributed by atoms with van der Waals surface area (Å²) in [7, 11) is 0. The van der Waals surface area contributed by atoms with Crippen molar-refractivity contribution in [1.29, 1.82) is 0 Å². The van der Waals surface area contributed by atoms with Gasteiger partial charge in [0.15, 0.2) is 0 Å². The lowest BCUT2D eigenvalue weighted by molar-refractivity contribution is 0.248. The predicted octanol–water partition coefficient (Wildman–Crippen LogP) is 0.285. The van der Waals surface area contributed by atoms with Gasteiger partial charge in [0.25, 0.3) is 0 Å². The number of nitrogens with two attached hydrogens (primary N) is 2. The molecule has 0 radical (unpaired) electrons. The maximum atomic E-state index is 5.47. The van der Waals surface area contributed by atoms with Gasteiger partial charge in [0.1, 0.15) is 0 Å². The summed E-state index contributed by atoms with van der Waals surface area (Å²) < 4.78 is 4.95. The first-order valence-electron chi connectivity index (χ1n) is 4.50. The Labute approximate surface area is 79.7 Å². The molecule has 0 amide bonds. The molecule has 0 saturated heterocycles. The summed E-state index contributed by atoms with van der Waals surface area (Å²) in [5.74, 6) is 0. The maximum Gasteiger partial charge on any atom is 0.0890 e. The zero-order valence-corrected chi connectivity index (χ0v) is 8.04. The number of hydrogen-bond acceptors (Lipinski definition) is 4. The van der Waals surface area contributed by atoms with Gasteiger partial charge in [-0.3, -0.25) is 4.99 Å². The highest BCUT2D eigenvalue weighted by Crippen LogP contribution is 1.88. The normalized spacial score (nSPS) is 11.4. The van der Waals surface area contributed by atoms with Crippen molar-refractivity contribution < 1.29 is 4.74 Å². The molecule has 4 nitrogen and oxygen atoms in total. The van der Waals surface area contributed by atoms with Gasteiger partial charge in [-0.2, -0.15) is 0 Å². The minimum atomic E-state index is 0.500. The van der Waals surface area contributed by atoms with Crippen molar-refractivity contribution in [3.8, 4) is 0 Å². The van der Waals surface area contributed by atoms with E-state index in [0.717, 1.165) is 25.1 Å². The summed E-state index contributed by atoms with van der Waals surface area (Å²) in [6.07, 6.45) is 3.12. The third-order valence-corrected chi connectivity index (χ3v) is 1.54. The minimum absolute atomic E-state index is 0.500. The Morgan fingerprint density at radius 3 is 2.77 bits per heavy atom. The number of ether oxygens (including phenoxy) is 1. The molecule has 0 aliphatic carbocycles. The van der Waals surface area contributed by atoms with E-state index in [0.29, 0.717) is 19.7 Å². The Morgan fingerprint density at radius 1 is 1.46 bits per heavy atom. The van der Waals surface area contributed by atoms with Gasteiger partial charge in [0.05, 0.1) is 12.9 Å². The van der Waals surface area contributed by atoms with E-state index in [1.165, 1.54) is 6.26 Å². The smallest absolute Gasteiger partial charge is 0.0890 e. The minimum Gasteiger partial charge on any atom is -0.502 e. The van der Waals surface area contributed by atoms with Crippen molar-refractivity contribution >= 4 is 5.71 Å². The van der Waals surface area contributed by atoms with Crippen molar-refractivity contribution in [2.24, 2.45) is 16.5 Å². The van der Waals surface area contributed by atoms with Crippen molar-refractivity contribution in [1.82, 2.24) is 0 Å². The van der Waals surface area contributed by atoms with E-state index in [2.05, 4.69) is 11.6 Å². The maximum absolute atomic E-state index is 5.47. The molecule has 0 bridgehead atoms. The van der Waals surface area contributed by atoms with Crippen LogP contribution in [-0.2, 0) is 4.74 Å². The molecule has 0 fully saturated rings. The molecule has 0 unspecified atom stereocenters. The zero-order valence-electron chi connectivity index (χ0n) is 8.04. The van der Waals surface area contributed by atoms with Crippen molar-refractivity contribution in [2.75, 3.05) is 26.2 Å². The van der Waals surface area contributed by atoms with Crippen LogP contribution in [0.2, 0.25) is 0 Å². The summed E-state index contributed by atoms with van der Waals surface area (Å²) in [5.41, 5.74) is 11.8. The van der Waals surface area contributed by atoms with Crippen LogP contribution in [0.15, 0.2) is 17.8 Å². The second-order valence-corrected chi connectivity index (χ2v) is 2.58. The summed E-state index contributed by atoms with van der Waals surface area (Å²) in [4.78, 5) is 4.30. The van der Waals surface area contributed by atoms with Crippen LogP contribution in [0, 0.1) is 0 Å². The first-order valence-corrected chi connectivity index (χ1v) is 4.50. The highest BCUT2D eigenvalue weighted by Gasteiger charge is 1.93. The molecule has 0 atom stereocenters. The lowest BCUT2D eigenvalue weighted by atomic mass is 10.2. The fourth-order valence-electron chi connectivity index (χ4n) is 0.881. The molecule has 4 N–H and O–H groups in total. The van der Waals surface area contributed by atoms with Crippen LogP contribution >= 0.6 is 0 Å². The molecule has 0 aromatic heterocycles. The van der Waals surface area contributed by atoms with Gasteiger partial charge in [0.2, 0.25) is 0 Å². The van der Waals surface area contributed by atoms with Gasteiger partial charge in [-0.05, 0) is 13.0 Å². The van der Waals surface area contributed by atoms with E-state index in [-0.39, 0.29) is 0 Å². The Balaban J connectivity index is 3.48. The average Bonchev–Trinajstić information content (AvgIpc) is 2.16. The molecule has 13 heavy (non-hydrogen) atoms. The fraction of sp³-hybridized carbons (Fsp3) is 0.667. The van der Waals surface area contributed by atoms with Gasteiger partial charge >= 0.3 is 0 Å². The number of hydrogen-bond donors (Lipinski definition) is 2. The molecule has 0 aliphatic heterocycles. The quantitative estimate of drug-likeness (QED) is 0.324. The van der Waals surface area contributed by atoms with Crippen molar-refractivity contribution in [3.05, 3.63) is 12.8 Å². The van der Waals surface area contributed by atoms with Crippen LogP contribution in [0.1, 0.15) is 12.8 Å². The Kier molecular flexibility index (Phi) is 8.60. The van der Waals surface area contributed by atoms with Gasteiger partial charge in [-0.25, -0.2) is 0 Å². The van der Waals surface area contributed by atoms with E-state index < -0.39 is 0 Å². The Bertz CT molecular complexity index is 157. The highest BCUT2D eigenvalue weighted by atomic mass is 16.5. The molecular formula is C9H19N3O. The molecule has 4 heteroatoms. The standard InChI is InChI=1S/C9H19N3O/c1-2-13-7-3-6-12-9(8-11)4-5-10/h2H,1,3-8,10-11H2. The summed E-state index contributed by atoms with van der Waals surface area (Å²) >= 11 is 0. The van der Waals surface area contributed by atoms with Gasteiger partial charge < -0.3 is 16.2 Å². The van der Waals surface area contributed by atoms with Crippen LogP contribution in [0.25, 0.3) is 0 Å². The van der Waals surface area contributed by atoms with Gasteiger partial charge in [-0.1, -0.05) is 6.58 Å². The van der Waals surface area contributed by atoms with E-state index in [9.17, 15) is 0 Å². The topological polar surface area (TPSA) is 73.6 Å². The SMILES string of the molecule is C=COCCCN=C(CN)CCN. The third-order valence-electron chi connectivity index (χ3n) is 1.54. The number of aliphatic imine (C=N–C) groups is 1. The molecule has 0 saturated carbocycles. The predicted molar refractivity (Wildman–Crippen MR) is 55.8 cm³/mol. The van der Waals surface area contributed by atoms with Gasteiger partial charge in [-0.15, -0.1) is 0 Å². The molecule has 0 aromatic rings. The Morgan fingerprint density at radius 2 is 2.23 bits per heavy atom. The number of rotatable bonds is 8. The van der Waals surface area contributed by atoms with Crippen LogP contribution in [0.4, 0.5) is 0 Å². The van der Waals surface area contributed by atoms with E-state index in [1.54, 1.807) is 0 Å². The van der Waals surface area contributed by atoms with Crippen LogP contribution < -0.4 is 11.5 Å². The Hall–Kier alpha value is -0.870. The van der Waals surface area contributed by atoms with Crippen molar-refractivity contribution in [3.63, 3.8) is 0 Å². The second kappa shape index (κ2) is 9.22. The molecule has 0 rings (SSSR count). The summed E-state index contributed by atoms with van der Waals surface area (Å²) in [5, 5.41) is 0. The highest BCUT2D eigenvalue weighted by molar-refractivity contribution is 5.86. The molecule has 0 aliphatic rings. The average molecular weight is 185 g/mol. The first kappa shape index (κ1) is 12.1. The molecule has 0 spiro atoms. The van der Waals surface area contributed by atoms with Crippen LogP contribution in [-0.4, -0.2) is 32.0 Å². The van der Waals surface area contributed by atoms with E-state index in [1.807, 2.05) is 0 Å². The summed E-state index contributed by atoms with van der Waals surface area (Å²) in [6, 6.07) is 0. The third kappa shape index (κ3) is 7.49. The molecular weight excluding hydrogens is 166 g/mol. The van der Waals surface area contributed by atoms with Crippen molar-refractivity contribution in [2.45, 2.75) is 12.8 Å². The summed E-state index contributed by atoms with van der Waals surface area (Å²) in [6.45, 7) is 5.96. The zero-order chi connectivity index (χ0) is 9.94. The lowest BCUT2D eigenvalue weighted by Gasteiger charge is -2.01. The van der Waals surface area contributed by atoms with E-state index >= 15 is 0 Å².